The summed E-state index contributed by atoms with van der Waals surface area (Å²) in [4.78, 5) is 24.2. The molecule has 1 fully saturated rings. The van der Waals surface area contributed by atoms with Gasteiger partial charge in [-0.15, -0.1) is 0 Å². The van der Waals surface area contributed by atoms with Crippen LogP contribution < -0.4 is 5.32 Å². The van der Waals surface area contributed by atoms with Gasteiger partial charge in [0.1, 0.15) is 0 Å². The molecule has 98 valence electrons. The van der Waals surface area contributed by atoms with Crippen LogP contribution in [0.15, 0.2) is 0 Å². The van der Waals surface area contributed by atoms with Gasteiger partial charge in [0.25, 0.3) is 0 Å². The quantitative estimate of drug-likeness (QED) is 0.724. The van der Waals surface area contributed by atoms with Gasteiger partial charge in [0.15, 0.2) is 0 Å². The fourth-order valence-corrected chi connectivity index (χ4v) is 1.56. The number of carbonyl (C=O) groups is 2. The first-order valence-electron chi connectivity index (χ1n) is 6.06. The summed E-state index contributed by atoms with van der Waals surface area (Å²) in [5.41, 5.74) is -0.0995. The van der Waals surface area contributed by atoms with E-state index in [2.05, 4.69) is 5.32 Å². The minimum Gasteiger partial charge on any atom is -0.481 e. The van der Waals surface area contributed by atoms with Gasteiger partial charge in [-0.25, -0.2) is 0 Å². The largest absolute Gasteiger partial charge is 0.481 e. The van der Waals surface area contributed by atoms with Crippen molar-refractivity contribution in [1.29, 1.82) is 0 Å². The van der Waals surface area contributed by atoms with Gasteiger partial charge in [0.2, 0.25) is 5.91 Å². The zero-order chi connectivity index (χ0) is 13.1. The van der Waals surface area contributed by atoms with E-state index in [1.165, 1.54) is 0 Å². The Morgan fingerprint density at radius 1 is 1.35 bits per heavy atom. The third-order valence-corrected chi connectivity index (χ3v) is 2.64. The van der Waals surface area contributed by atoms with Gasteiger partial charge in [-0.05, 0) is 33.6 Å². The molecule has 0 aliphatic heterocycles. The molecule has 1 amide bonds. The predicted molar refractivity (Wildman–Crippen MR) is 64.7 cm³/mol. The zero-order valence-electron chi connectivity index (χ0n) is 10.8. The van der Waals surface area contributed by atoms with Crippen molar-refractivity contribution in [2.45, 2.75) is 51.6 Å². The molecule has 0 atom stereocenters. The molecule has 0 radical (unpaired) electrons. The first kappa shape index (κ1) is 14.0. The molecule has 0 heterocycles. The van der Waals surface area contributed by atoms with E-state index >= 15 is 0 Å². The molecule has 0 aromatic carbocycles. The van der Waals surface area contributed by atoms with Crippen LogP contribution in [0.4, 0.5) is 0 Å². The number of aliphatic carboxylic acids is 1. The molecule has 2 N–H and O–H groups in total. The number of carbonyl (C=O) groups excluding carboxylic acids is 1. The molecule has 0 saturated heterocycles. The van der Waals surface area contributed by atoms with Crippen LogP contribution >= 0.6 is 0 Å². The number of nitrogens with one attached hydrogen (secondary N) is 1. The second-order valence-corrected chi connectivity index (χ2v) is 5.57. The van der Waals surface area contributed by atoms with E-state index in [4.69, 9.17) is 5.11 Å². The minimum absolute atomic E-state index is 0.00340. The molecule has 0 spiro atoms. The van der Waals surface area contributed by atoms with Crippen LogP contribution in [0.2, 0.25) is 0 Å². The molecule has 0 unspecified atom stereocenters. The van der Waals surface area contributed by atoms with Crippen molar-refractivity contribution in [1.82, 2.24) is 10.2 Å². The predicted octanol–water partition coefficient (Wildman–Crippen LogP) is 0.840. The Kier molecular flexibility index (Phi) is 4.51. The fraction of sp³-hybridized carbons (Fsp3) is 0.833. The maximum atomic E-state index is 12.0. The van der Waals surface area contributed by atoms with Crippen molar-refractivity contribution in [2.75, 3.05) is 13.1 Å². The highest BCUT2D eigenvalue weighted by atomic mass is 16.4. The highest BCUT2D eigenvalue weighted by molar-refractivity contribution is 5.79. The summed E-state index contributed by atoms with van der Waals surface area (Å²) in [6, 6.07) is 0.267. The van der Waals surface area contributed by atoms with Crippen LogP contribution in [0, 0.1) is 0 Å². The van der Waals surface area contributed by atoms with Gasteiger partial charge in [0, 0.05) is 18.1 Å². The van der Waals surface area contributed by atoms with Gasteiger partial charge in [-0.1, -0.05) is 0 Å². The fourth-order valence-electron chi connectivity index (χ4n) is 1.56. The summed E-state index contributed by atoms with van der Waals surface area (Å²) < 4.78 is 0. The Morgan fingerprint density at radius 3 is 2.35 bits per heavy atom. The number of amides is 1. The number of hydrogen-bond acceptors (Lipinski definition) is 3. The van der Waals surface area contributed by atoms with Crippen molar-refractivity contribution < 1.29 is 14.7 Å². The van der Waals surface area contributed by atoms with E-state index < -0.39 is 5.97 Å². The van der Waals surface area contributed by atoms with E-state index in [1.54, 1.807) is 4.90 Å². The average molecular weight is 242 g/mol. The minimum atomic E-state index is -0.854. The molecule has 5 heteroatoms. The molecule has 17 heavy (non-hydrogen) atoms. The molecule has 5 nitrogen and oxygen atoms in total. The Labute approximate surface area is 102 Å². The SMILES string of the molecule is CC(C)(C)NCC(=O)N(CCC(=O)O)C1CC1. The van der Waals surface area contributed by atoms with Crippen molar-refractivity contribution in [3.05, 3.63) is 0 Å². The molecule has 1 rings (SSSR count). The van der Waals surface area contributed by atoms with Crippen molar-refractivity contribution >= 4 is 11.9 Å². The monoisotopic (exact) mass is 242 g/mol. The second kappa shape index (κ2) is 5.49. The van der Waals surface area contributed by atoms with E-state index in [0.717, 1.165) is 12.8 Å². The maximum absolute atomic E-state index is 12.0. The average Bonchev–Trinajstić information content (AvgIpc) is 2.97. The Balaban J connectivity index is 2.41. The summed E-state index contributed by atoms with van der Waals surface area (Å²) in [5, 5.41) is 11.8. The standard InChI is InChI=1S/C12H22N2O3/c1-12(2,3)13-8-10(15)14(9-4-5-9)7-6-11(16)17/h9,13H,4-8H2,1-3H3,(H,16,17). The lowest BCUT2D eigenvalue weighted by atomic mass is 10.1. The van der Waals surface area contributed by atoms with Crippen molar-refractivity contribution in [2.24, 2.45) is 0 Å². The number of rotatable bonds is 6. The molecule has 0 bridgehead atoms. The second-order valence-electron chi connectivity index (χ2n) is 5.57. The molecular formula is C12H22N2O3. The first-order chi connectivity index (χ1) is 7.79. The molecule has 1 aliphatic carbocycles. The summed E-state index contributed by atoms with van der Waals surface area (Å²) in [7, 11) is 0. The lowest BCUT2D eigenvalue weighted by Gasteiger charge is -2.25. The van der Waals surface area contributed by atoms with E-state index in [0.29, 0.717) is 6.54 Å². The lowest BCUT2D eigenvalue weighted by Crippen LogP contribution is -2.46. The van der Waals surface area contributed by atoms with Crippen molar-refractivity contribution in [3.63, 3.8) is 0 Å². The highest BCUT2D eigenvalue weighted by Crippen LogP contribution is 2.26. The van der Waals surface area contributed by atoms with Gasteiger partial charge in [0.05, 0.1) is 13.0 Å². The number of hydrogen-bond donors (Lipinski definition) is 2. The topological polar surface area (TPSA) is 69.6 Å². The summed E-state index contributed by atoms with van der Waals surface area (Å²) >= 11 is 0. The van der Waals surface area contributed by atoms with Crippen molar-refractivity contribution in [3.8, 4) is 0 Å². The van der Waals surface area contributed by atoms with Crippen LogP contribution in [0.5, 0.6) is 0 Å². The molecule has 1 aliphatic rings. The lowest BCUT2D eigenvalue weighted by molar-refractivity contribution is -0.138. The Morgan fingerprint density at radius 2 is 1.94 bits per heavy atom. The Bertz CT molecular complexity index is 293. The molecule has 0 aromatic heterocycles. The molecule has 0 aromatic rings. The molecule has 1 saturated carbocycles. The smallest absolute Gasteiger partial charge is 0.305 e. The highest BCUT2D eigenvalue weighted by Gasteiger charge is 2.32. The zero-order valence-corrected chi connectivity index (χ0v) is 10.8. The third-order valence-electron chi connectivity index (χ3n) is 2.64. The van der Waals surface area contributed by atoms with Gasteiger partial charge in [-0.3, -0.25) is 9.59 Å². The van der Waals surface area contributed by atoms with Crippen LogP contribution in [0.25, 0.3) is 0 Å². The van der Waals surface area contributed by atoms with E-state index in [1.807, 2.05) is 20.8 Å². The van der Waals surface area contributed by atoms with Gasteiger partial charge in [-0.2, -0.15) is 0 Å². The van der Waals surface area contributed by atoms with Gasteiger partial charge < -0.3 is 15.3 Å². The van der Waals surface area contributed by atoms with Crippen LogP contribution in [0.3, 0.4) is 0 Å². The number of carboxylic acids is 1. The summed E-state index contributed by atoms with van der Waals surface area (Å²) in [5.74, 6) is -0.851. The summed E-state index contributed by atoms with van der Waals surface area (Å²) in [6.07, 6.45) is 2.03. The number of nitrogens with zero attached hydrogens (tertiary/aromatic N) is 1. The normalized spacial score (nSPS) is 15.7. The first-order valence-corrected chi connectivity index (χ1v) is 6.06. The van der Waals surface area contributed by atoms with E-state index in [9.17, 15) is 9.59 Å². The van der Waals surface area contributed by atoms with Crippen LogP contribution in [-0.4, -0.2) is 46.6 Å². The summed E-state index contributed by atoms with van der Waals surface area (Å²) in [6.45, 7) is 6.60. The van der Waals surface area contributed by atoms with Crippen LogP contribution in [0.1, 0.15) is 40.0 Å². The van der Waals surface area contributed by atoms with Gasteiger partial charge >= 0.3 is 5.97 Å². The van der Waals surface area contributed by atoms with E-state index in [-0.39, 0.29) is 30.5 Å². The van der Waals surface area contributed by atoms with Crippen LogP contribution in [-0.2, 0) is 9.59 Å². The maximum Gasteiger partial charge on any atom is 0.305 e. The third kappa shape index (κ3) is 5.68. The Hall–Kier alpha value is -1.10. The number of carboxylic acid groups (broad SMARTS) is 1. The molecular weight excluding hydrogens is 220 g/mol.